The van der Waals surface area contributed by atoms with Crippen LogP contribution in [0.3, 0.4) is 0 Å². The molecule has 7 nitrogen and oxygen atoms in total. The van der Waals surface area contributed by atoms with E-state index in [9.17, 15) is 0 Å². The minimum absolute atomic E-state index is 0. The summed E-state index contributed by atoms with van der Waals surface area (Å²) in [6.45, 7) is 21.3. The number of benzene rings is 1. The predicted molar refractivity (Wildman–Crippen MR) is 94.0 cm³/mol. The molecule has 1 aromatic rings. The smallest absolute Gasteiger partial charge is 0 e. The molecule has 10 heteroatoms. The van der Waals surface area contributed by atoms with Crippen LogP contribution in [0.2, 0.25) is 24.7 Å². The van der Waals surface area contributed by atoms with E-state index >= 15 is 0 Å². The van der Waals surface area contributed by atoms with E-state index in [4.69, 9.17) is 44.5 Å². The summed E-state index contributed by atoms with van der Waals surface area (Å²) in [6.07, 6.45) is -0.444. The molecule has 0 N–H and O–H groups in total. The Bertz CT molecular complexity index is 606. The summed E-state index contributed by atoms with van der Waals surface area (Å²) < 4.78 is 44.7. The SMILES string of the molecule is COc1cc(C2OCCO2)c(Cl)c(OC)c1[Si](C)(C)C.[C-]#[O+].[C-]#[O+].[C-]#[O+].[Cr]. The number of ether oxygens (including phenoxy) is 4. The van der Waals surface area contributed by atoms with Gasteiger partial charge in [0.05, 0.1) is 40.5 Å². The van der Waals surface area contributed by atoms with E-state index < -0.39 is 14.4 Å². The van der Waals surface area contributed by atoms with Gasteiger partial charge in [0.15, 0.2) is 6.29 Å². The van der Waals surface area contributed by atoms with Gasteiger partial charge in [0.1, 0.15) is 11.5 Å². The molecule has 1 aromatic carbocycles. The Hall–Kier alpha value is -1.00. The zero-order valence-electron chi connectivity index (χ0n) is 15.7. The first-order valence-electron chi connectivity index (χ1n) is 7.19. The van der Waals surface area contributed by atoms with Gasteiger partial charge in [-0.2, -0.15) is 0 Å². The molecule has 0 atom stereocenters. The number of rotatable bonds is 4. The van der Waals surface area contributed by atoms with Crippen LogP contribution in [0.25, 0.3) is 0 Å². The van der Waals surface area contributed by atoms with Crippen molar-refractivity contribution < 1.29 is 50.3 Å². The second-order valence-electron chi connectivity index (χ2n) is 5.71. The Kier molecular flexibility index (Phi) is 18.2. The maximum atomic E-state index is 7.50. The van der Waals surface area contributed by atoms with E-state index in [1.165, 1.54) is 0 Å². The first kappa shape index (κ1) is 30.7. The summed E-state index contributed by atoms with van der Waals surface area (Å²) in [7, 11) is 1.61. The van der Waals surface area contributed by atoms with Gasteiger partial charge in [0, 0.05) is 28.1 Å². The van der Waals surface area contributed by atoms with Gasteiger partial charge in [-0.1, -0.05) is 31.2 Å². The molecule has 1 aliphatic rings. The van der Waals surface area contributed by atoms with Gasteiger partial charge in [0.2, 0.25) is 0 Å². The van der Waals surface area contributed by atoms with E-state index in [0.717, 1.165) is 16.5 Å². The second kappa shape index (κ2) is 16.0. The van der Waals surface area contributed by atoms with E-state index in [-0.39, 0.29) is 17.4 Å². The molecule has 1 heterocycles. The third-order valence-electron chi connectivity index (χ3n) is 3.26. The molecular weight excluding hydrogens is 432 g/mol. The van der Waals surface area contributed by atoms with Crippen LogP contribution in [-0.2, 0) is 40.8 Å². The Balaban J connectivity index is -0.000000749. The largest absolute Gasteiger partial charge is 0 e. The third kappa shape index (κ3) is 8.27. The number of methoxy groups -OCH3 is 2. The van der Waals surface area contributed by atoms with Crippen molar-refractivity contribution in [3.63, 3.8) is 0 Å². The molecule has 1 aliphatic heterocycles. The van der Waals surface area contributed by atoms with Crippen LogP contribution in [0.5, 0.6) is 11.5 Å². The molecule has 0 bridgehead atoms. The fraction of sp³-hybridized carbons (Fsp3) is 0.471. The maximum Gasteiger partial charge on any atom is 0 e. The molecule has 0 unspecified atom stereocenters. The number of hydrogen-bond acceptors (Lipinski definition) is 4. The molecule has 0 aromatic heterocycles. The first-order valence-corrected chi connectivity index (χ1v) is 11.1. The fourth-order valence-corrected chi connectivity index (χ4v) is 4.62. The summed E-state index contributed by atoms with van der Waals surface area (Å²) in [5, 5.41) is 1.63. The molecule has 148 valence electrons. The minimum atomic E-state index is -1.67. The van der Waals surface area contributed by atoms with Gasteiger partial charge < -0.3 is 18.9 Å². The molecule has 0 saturated carbocycles. The van der Waals surface area contributed by atoms with Crippen molar-refractivity contribution in [1.82, 2.24) is 0 Å². The summed E-state index contributed by atoms with van der Waals surface area (Å²) in [6, 6.07) is 1.91. The molecule has 1 saturated heterocycles. The maximum absolute atomic E-state index is 7.50. The minimum Gasteiger partial charge on any atom is 0 e. The van der Waals surface area contributed by atoms with Crippen LogP contribution in [-0.4, -0.2) is 35.5 Å². The Morgan fingerprint density at radius 1 is 1.00 bits per heavy atom. The normalized spacial score (nSPS) is 12.4. The molecule has 0 spiro atoms. The van der Waals surface area contributed by atoms with Crippen molar-refractivity contribution in [1.29, 1.82) is 0 Å². The summed E-state index contributed by atoms with van der Waals surface area (Å²) in [5.74, 6) is 1.47. The van der Waals surface area contributed by atoms with Crippen LogP contribution in [0.4, 0.5) is 0 Å². The van der Waals surface area contributed by atoms with Crippen LogP contribution in [0.1, 0.15) is 11.9 Å². The van der Waals surface area contributed by atoms with Crippen molar-refractivity contribution in [2.45, 2.75) is 25.9 Å². The van der Waals surface area contributed by atoms with Crippen molar-refractivity contribution in [3.05, 3.63) is 36.6 Å². The zero-order chi connectivity index (χ0) is 20.9. The van der Waals surface area contributed by atoms with Crippen molar-refractivity contribution in [2.75, 3.05) is 27.4 Å². The molecular formula is C17H21ClCrO7Si. The predicted octanol–water partition coefficient (Wildman–Crippen LogP) is 2.83. The molecule has 2 rings (SSSR count). The number of halogens is 1. The van der Waals surface area contributed by atoms with E-state index in [2.05, 4.69) is 39.6 Å². The standard InChI is InChI=1S/C14H21ClO4Si.3CO.Cr/c1-16-10-8-9(14-18-6-7-19-14)11(15)12(17-2)13(10)20(3,4)5;3*1-2;/h8,14H,6-7H2,1-5H3;;;;. The van der Waals surface area contributed by atoms with Crippen molar-refractivity contribution in [2.24, 2.45) is 0 Å². The van der Waals surface area contributed by atoms with E-state index in [1.54, 1.807) is 14.2 Å². The van der Waals surface area contributed by atoms with Crippen LogP contribution in [0.15, 0.2) is 6.07 Å². The van der Waals surface area contributed by atoms with Crippen molar-refractivity contribution in [3.8, 4) is 11.5 Å². The van der Waals surface area contributed by atoms with Crippen molar-refractivity contribution >= 4 is 24.9 Å². The average Bonchev–Trinajstić information content (AvgIpc) is 3.20. The summed E-state index contributed by atoms with van der Waals surface area (Å²) in [5.41, 5.74) is 0.764. The topological polar surface area (TPSA) is 96.6 Å². The Morgan fingerprint density at radius 3 is 1.78 bits per heavy atom. The van der Waals surface area contributed by atoms with Crippen LogP contribution in [0, 0.1) is 20.0 Å². The van der Waals surface area contributed by atoms with Gasteiger partial charge >= 0.3 is 33.9 Å². The van der Waals surface area contributed by atoms with E-state index in [0.29, 0.717) is 24.0 Å². The van der Waals surface area contributed by atoms with Gasteiger partial charge in [-0.3, -0.25) is 0 Å². The zero-order valence-corrected chi connectivity index (χ0v) is 18.7. The average molecular weight is 453 g/mol. The monoisotopic (exact) mass is 452 g/mol. The van der Waals surface area contributed by atoms with E-state index in [1.807, 2.05) is 6.07 Å². The van der Waals surface area contributed by atoms with Gasteiger partial charge in [-0.05, 0) is 6.07 Å². The van der Waals surface area contributed by atoms with Crippen LogP contribution >= 0.6 is 11.6 Å². The molecule has 27 heavy (non-hydrogen) atoms. The van der Waals surface area contributed by atoms with Crippen LogP contribution < -0.4 is 14.7 Å². The Labute approximate surface area is 176 Å². The summed E-state index contributed by atoms with van der Waals surface area (Å²) >= 11 is 6.51. The quantitative estimate of drug-likeness (QED) is 0.398. The fourth-order valence-electron chi connectivity index (χ4n) is 2.40. The van der Waals surface area contributed by atoms with Gasteiger partial charge in [-0.25, -0.2) is 0 Å². The van der Waals surface area contributed by atoms with Gasteiger partial charge in [0.25, 0.3) is 0 Å². The third-order valence-corrected chi connectivity index (χ3v) is 5.63. The molecule has 0 radical (unpaired) electrons. The molecule has 0 aliphatic carbocycles. The number of hydrogen-bond donors (Lipinski definition) is 0. The molecule has 0 amide bonds. The Morgan fingerprint density at radius 2 is 1.44 bits per heavy atom. The molecule has 1 fully saturated rings. The summed E-state index contributed by atoms with van der Waals surface area (Å²) in [4.78, 5) is 0. The first-order chi connectivity index (χ1) is 12.4. The van der Waals surface area contributed by atoms with Gasteiger partial charge in [-0.15, -0.1) is 0 Å². The second-order valence-corrected chi connectivity index (χ2v) is 11.1.